The third kappa shape index (κ3) is 5.51. The van der Waals surface area contributed by atoms with E-state index in [1.165, 1.54) is 6.07 Å². The number of aliphatic hydroxyl groups excluding tert-OH is 1. The molecule has 142 valence electrons. The summed E-state index contributed by atoms with van der Waals surface area (Å²) in [6, 6.07) is 10.7. The number of halogens is 1. The van der Waals surface area contributed by atoms with Crippen LogP contribution in [0.3, 0.4) is 0 Å². The first-order valence-electron chi connectivity index (χ1n) is 9.14. The number of rotatable bonds is 9. The van der Waals surface area contributed by atoms with E-state index in [0.29, 0.717) is 23.9 Å². The van der Waals surface area contributed by atoms with Gasteiger partial charge in [-0.25, -0.2) is 9.37 Å². The molecule has 2 N–H and O–H groups in total. The van der Waals surface area contributed by atoms with Gasteiger partial charge in [-0.2, -0.15) is 0 Å². The molecule has 1 heterocycles. The minimum Gasteiger partial charge on any atom is -0.493 e. The minimum absolute atomic E-state index is 0.00481. The van der Waals surface area contributed by atoms with Gasteiger partial charge >= 0.3 is 0 Å². The third-order valence-corrected chi connectivity index (χ3v) is 4.19. The summed E-state index contributed by atoms with van der Waals surface area (Å²) < 4.78 is 20.1. The summed E-state index contributed by atoms with van der Waals surface area (Å²) in [5.74, 6) is 1.05. The molecule has 5 heteroatoms. The highest BCUT2D eigenvalue weighted by atomic mass is 19.1. The minimum atomic E-state index is -0.359. The fraction of sp³-hybridized carbons (Fsp3) is 0.476. The van der Waals surface area contributed by atoms with Crippen molar-refractivity contribution in [2.24, 2.45) is 11.8 Å². The summed E-state index contributed by atoms with van der Waals surface area (Å²) in [6.45, 7) is 9.08. The molecule has 0 spiro atoms. The van der Waals surface area contributed by atoms with Gasteiger partial charge in [0.05, 0.1) is 24.6 Å². The molecule has 0 amide bonds. The highest BCUT2D eigenvalue weighted by Gasteiger charge is 2.15. The van der Waals surface area contributed by atoms with E-state index in [9.17, 15) is 9.50 Å². The Morgan fingerprint density at radius 3 is 2.50 bits per heavy atom. The Bertz CT molecular complexity index is 704. The molecule has 0 radical (unpaired) electrons. The molecule has 0 saturated heterocycles. The molecule has 0 unspecified atom stereocenters. The van der Waals surface area contributed by atoms with E-state index in [0.717, 1.165) is 11.3 Å². The van der Waals surface area contributed by atoms with E-state index in [-0.39, 0.29) is 30.9 Å². The maximum Gasteiger partial charge on any atom is 0.146 e. The summed E-state index contributed by atoms with van der Waals surface area (Å²) in [5.41, 5.74) is 1.85. The Labute approximate surface area is 155 Å². The second-order valence-corrected chi connectivity index (χ2v) is 7.24. The first-order chi connectivity index (χ1) is 12.4. The first-order valence-corrected chi connectivity index (χ1v) is 9.14. The van der Waals surface area contributed by atoms with Crippen LogP contribution in [0.15, 0.2) is 36.4 Å². The zero-order valence-electron chi connectivity index (χ0n) is 16.0. The van der Waals surface area contributed by atoms with Crippen molar-refractivity contribution >= 4 is 0 Å². The van der Waals surface area contributed by atoms with Gasteiger partial charge in [0.15, 0.2) is 0 Å². The Kier molecular flexibility index (Phi) is 7.54. The smallest absolute Gasteiger partial charge is 0.146 e. The van der Waals surface area contributed by atoms with Crippen LogP contribution in [0.25, 0.3) is 11.3 Å². The number of para-hydroxylation sites is 1. The molecule has 2 rings (SSSR count). The number of aromatic nitrogens is 1. The van der Waals surface area contributed by atoms with Crippen molar-refractivity contribution < 1.29 is 14.2 Å². The van der Waals surface area contributed by atoms with Crippen LogP contribution in [0.1, 0.15) is 33.4 Å². The zero-order valence-corrected chi connectivity index (χ0v) is 16.0. The van der Waals surface area contributed by atoms with Crippen molar-refractivity contribution in [3.05, 3.63) is 47.9 Å². The predicted molar refractivity (Wildman–Crippen MR) is 103 cm³/mol. The van der Waals surface area contributed by atoms with Crippen LogP contribution in [0.5, 0.6) is 5.75 Å². The number of benzene rings is 1. The van der Waals surface area contributed by atoms with Crippen LogP contribution < -0.4 is 10.1 Å². The lowest BCUT2D eigenvalue weighted by molar-refractivity contribution is 0.209. The van der Waals surface area contributed by atoms with Gasteiger partial charge < -0.3 is 15.2 Å². The van der Waals surface area contributed by atoms with Gasteiger partial charge in [0.1, 0.15) is 11.6 Å². The number of nitrogens with one attached hydrogen (secondary N) is 1. The molecule has 1 atom stereocenters. The molecule has 4 nitrogen and oxygen atoms in total. The summed E-state index contributed by atoms with van der Waals surface area (Å²) >= 11 is 0. The summed E-state index contributed by atoms with van der Waals surface area (Å²) in [6.07, 6.45) is 0. The Balaban J connectivity index is 2.24. The maximum atomic E-state index is 14.2. The lowest BCUT2D eigenvalue weighted by Crippen LogP contribution is -2.36. The van der Waals surface area contributed by atoms with Crippen molar-refractivity contribution in [3.8, 4) is 17.0 Å². The second-order valence-electron chi connectivity index (χ2n) is 7.24. The van der Waals surface area contributed by atoms with Gasteiger partial charge in [-0.05, 0) is 36.1 Å². The topological polar surface area (TPSA) is 54.4 Å². The number of ether oxygens (including phenoxy) is 1. The molecule has 0 aliphatic rings. The van der Waals surface area contributed by atoms with Crippen LogP contribution in [0, 0.1) is 17.7 Å². The number of pyridine rings is 1. The van der Waals surface area contributed by atoms with Gasteiger partial charge in [0.2, 0.25) is 0 Å². The van der Waals surface area contributed by atoms with Crippen LogP contribution in [0.2, 0.25) is 0 Å². The number of aliphatic hydroxyl groups is 1. The molecule has 1 aromatic carbocycles. The van der Waals surface area contributed by atoms with E-state index < -0.39 is 0 Å². The van der Waals surface area contributed by atoms with Crippen LogP contribution in [-0.2, 0) is 6.54 Å². The Morgan fingerprint density at radius 2 is 1.85 bits per heavy atom. The normalized spacial score (nSPS) is 12.6. The van der Waals surface area contributed by atoms with Crippen molar-refractivity contribution in [1.82, 2.24) is 10.3 Å². The molecule has 0 aliphatic heterocycles. The quantitative estimate of drug-likeness (QED) is 0.709. The highest BCUT2D eigenvalue weighted by molar-refractivity contribution is 5.67. The zero-order chi connectivity index (χ0) is 19.1. The Morgan fingerprint density at radius 1 is 1.12 bits per heavy atom. The monoisotopic (exact) mass is 360 g/mol. The largest absolute Gasteiger partial charge is 0.493 e. The molecular weight excluding hydrogens is 331 g/mol. The second kappa shape index (κ2) is 9.64. The van der Waals surface area contributed by atoms with Gasteiger partial charge in [-0.1, -0.05) is 39.8 Å². The third-order valence-electron chi connectivity index (χ3n) is 4.19. The van der Waals surface area contributed by atoms with Crippen molar-refractivity contribution in [2.45, 2.75) is 40.3 Å². The molecule has 0 bridgehead atoms. The van der Waals surface area contributed by atoms with Gasteiger partial charge in [-0.15, -0.1) is 0 Å². The van der Waals surface area contributed by atoms with Crippen molar-refractivity contribution in [2.75, 3.05) is 13.2 Å². The fourth-order valence-electron chi connectivity index (χ4n) is 2.56. The average molecular weight is 360 g/mol. The summed E-state index contributed by atoms with van der Waals surface area (Å²) in [4.78, 5) is 4.50. The average Bonchev–Trinajstić information content (AvgIpc) is 2.62. The van der Waals surface area contributed by atoms with Crippen LogP contribution in [-0.4, -0.2) is 29.3 Å². The van der Waals surface area contributed by atoms with E-state index in [1.54, 1.807) is 6.07 Å². The lowest BCUT2D eigenvalue weighted by Gasteiger charge is -2.20. The fourth-order valence-corrected chi connectivity index (χ4v) is 2.56. The standard InChI is InChI=1S/C21H29FN2O2/c1-14(2)13-26-21-8-6-5-7-16(21)18-10-9-17(22)19(24-18)11-23-20(12-25)15(3)4/h5-10,14-15,20,23,25H,11-13H2,1-4H3/t20-/m0/s1. The number of hydrogen-bond donors (Lipinski definition) is 2. The molecule has 26 heavy (non-hydrogen) atoms. The van der Waals surface area contributed by atoms with Crippen LogP contribution in [0.4, 0.5) is 4.39 Å². The predicted octanol–water partition coefficient (Wildman–Crippen LogP) is 4.03. The van der Waals surface area contributed by atoms with Gasteiger partial charge in [0, 0.05) is 18.2 Å². The first kappa shape index (κ1) is 20.3. The summed E-state index contributed by atoms with van der Waals surface area (Å²) in [7, 11) is 0. The molecule has 0 saturated carbocycles. The summed E-state index contributed by atoms with van der Waals surface area (Å²) in [5, 5.41) is 12.6. The lowest BCUT2D eigenvalue weighted by atomic mass is 10.1. The number of nitrogens with zero attached hydrogens (tertiary/aromatic N) is 1. The van der Waals surface area contributed by atoms with Crippen molar-refractivity contribution in [1.29, 1.82) is 0 Å². The molecule has 0 fully saturated rings. The van der Waals surface area contributed by atoms with Gasteiger partial charge in [-0.3, -0.25) is 0 Å². The van der Waals surface area contributed by atoms with Gasteiger partial charge in [0.25, 0.3) is 0 Å². The molecule has 2 aromatic rings. The number of hydrogen-bond acceptors (Lipinski definition) is 4. The SMILES string of the molecule is CC(C)COc1ccccc1-c1ccc(F)c(CN[C@@H](CO)C(C)C)n1. The Hall–Kier alpha value is -1.98. The van der Waals surface area contributed by atoms with E-state index in [4.69, 9.17) is 4.74 Å². The highest BCUT2D eigenvalue weighted by Crippen LogP contribution is 2.29. The van der Waals surface area contributed by atoms with Crippen LogP contribution >= 0.6 is 0 Å². The van der Waals surface area contributed by atoms with Crippen molar-refractivity contribution in [3.63, 3.8) is 0 Å². The molecular formula is C21H29FN2O2. The van der Waals surface area contributed by atoms with E-state index in [1.807, 2.05) is 38.1 Å². The maximum absolute atomic E-state index is 14.2. The molecule has 0 aliphatic carbocycles. The van der Waals surface area contributed by atoms with E-state index >= 15 is 0 Å². The molecule has 1 aromatic heterocycles. The van der Waals surface area contributed by atoms with E-state index in [2.05, 4.69) is 24.1 Å².